The van der Waals surface area contributed by atoms with Crippen molar-refractivity contribution >= 4 is 21.4 Å². The summed E-state index contributed by atoms with van der Waals surface area (Å²) in [6, 6.07) is 5.66. The van der Waals surface area contributed by atoms with Gasteiger partial charge in [-0.1, -0.05) is 11.6 Å². The van der Waals surface area contributed by atoms with Gasteiger partial charge in [-0.15, -0.1) is 0 Å². The van der Waals surface area contributed by atoms with Crippen LogP contribution in [0.4, 0.5) is 0 Å². The number of sulfone groups is 1. The van der Waals surface area contributed by atoms with Crippen LogP contribution in [0.5, 0.6) is 5.75 Å². The Morgan fingerprint density at radius 3 is 2.95 bits per heavy atom. The first-order chi connectivity index (χ1) is 9.96. The number of nitrogens with one attached hydrogen (secondary N) is 1. The van der Waals surface area contributed by atoms with Gasteiger partial charge < -0.3 is 10.1 Å². The Kier molecular flexibility index (Phi) is 5.90. The molecular weight excluding hydrogens is 310 g/mol. The quantitative estimate of drug-likeness (QED) is 0.814. The fourth-order valence-corrected chi connectivity index (χ4v) is 4.42. The summed E-state index contributed by atoms with van der Waals surface area (Å²) in [7, 11) is -2.83. The number of halogens is 1. The lowest BCUT2D eigenvalue weighted by Crippen LogP contribution is -2.40. The molecule has 1 saturated heterocycles. The van der Waals surface area contributed by atoms with E-state index in [4.69, 9.17) is 16.3 Å². The van der Waals surface area contributed by atoms with E-state index in [0.717, 1.165) is 37.1 Å². The van der Waals surface area contributed by atoms with E-state index in [9.17, 15) is 8.42 Å². The molecule has 2 rings (SSSR count). The summed E-state index contributed by atoms with van der Waals surface area (Å²) in [4.78, 5) is 0. The van der Waals surface area contributed by atoms with Crippen LogP contribution in [0.1, 0.15) is 24.8 Å². The summed E-state index contributed by atoms with van der Waals surface area (Å²) < 4.78 is 28.8. The van der Waals surface area contributed by atoms with Crippen molar-refractivity contribution < 1.29 is 13.2 Å². The molecule has 1 atom stereocenters. The second-order valence-corrected chi connectivity index (χ2v) is 8.18. The molecule has 0 unspecified atom stereocenters. The highest BCUT2D eigenvalue weighted by Crippen LogP contribution is 2.21. The van der Waals surface area contributed by atoms with E-state index in [-0.39, 0.29) is 11.8 Å². The molecule has 1 N–H and O–H groups in total. The van der Waals surface area contributed by atoms with Crippen LogP contribution in [0, 0.1) is 6.92 Å². The minimum absolute atomic E-state index is 0.0982. The third-order valence-electron chi connectivity index (χ3n) is 3.61. The van der Waals surface area contributed by atoms with E-state index in [0.29, 0.717) is 17.4 Å². The maximum Gasteiger partial charge on any atom is 0.151 e. The average molecular weight is 332 g/mol. The van der Waals surface area contributed by atoms with Crippen molar-refractivity contribution in [3.05, 3.63) is 28.8 Å². The maximum atomic E-state index is 11.5. The Bertz CT molecular complexity index is 574. The topological polar surface area (TPSA) is 55.4 Å². The van der Waals surface area contributed by atoms with Crippen LogP contribution in [0.2, 0.25) is 5.02 Å². The van der Waals surface area contributed by atoms with Gasteiger partial charge in [-0.3, -0.25) is 0 Å². The highest BCUT2D eigenvalue weighted by atomic mass is 35.5. The Balaban J connectivity index is 1.66. The molecule has 21 heavy (non-hydrogen) atoms. The standard InChI is InChI=1S/C15H22ClNO3S/c1-12-10-13(16)5-6-15(12)20-8-3-7-17-14-4-2-9-21(18,19)11-14/h5-6,10,14,17H,2-4,7-9,11H2,1H3/t14-/m0/s1. The molecule has 0 bridgehead atoms. The van der Waals surface area contributed by atoms with E-state index >= 15 is 0 Å². The average Bonchev–Trinajstić information content (AvgIpc) is 2.39. The predicted molar refractivity (Wildman–Crippen MR) is 86.0 cm³/mol. The molecule has 118 valence electrons. The Hall–Kier alpha value is -0.780. The van der Waals surface area contributed by atoms with Gasteiger partial charge in [0.1, 0.15) is 5.75 Å². The normalized spacial score (nSPS) is 21.1. The monoisotopic (exact) mass is 331 g/mol. The van der Waals surface area contributed by atoms with Crippen molar-refractivity contribution in [2.45, 2.75) is 32.2 Å². The summed E-state index contributed by atoms with van der Waals surface area (Å²) in [6.45, 7) is 3.34. The van der Waals surface area contributed by atoms with Crippen LogP contribution >= 0.6 is 11.6 Å². The minimum Gasteiger partial charge on any atom is -0.493 e. The van der Waals surface area contributed by atoms with Gasteiger partial charge >= 0.3 is 0 Å². The lowest BCUT2D eigenvalue weighted by molar-refractivity contribution is 0.302. The molecule has 0 spiro atoms. The van der Waals surface area contributed by atoms with Gasteiger partial charge in [0, 0.05) is 11.1 Å². The molecule has 1 fully saturated rings. The number of ether oxygens (including phenoxy) is 1. The van der Waals surface area contributed by atoms with Gasteiger partial charge in [0.15, 0.2) is 9.84 Å². The lowest BCUT2D eigenvalue weighted by Gasteiger charge is -2.23. The van der Waals surface area contributed by atoms with Gasteiger partial charge in [0.25, 0.3) is 0 Å². The Labute approximate surface area is 131 Å². The van der Waals surface area contributed by atoms with Crippen LogP contribution in [-0.4, -0.2) is 39.1 Å². The molecule has 4 nitrogen and oxygen atoms in total. The fraction of sp³-hybridized carbons (Fsp3) is 0.600. The van der Waals surface area contributed by atoms with Gasteiger partial charge in [0.2, 0.25) is 0 Å². The number of hydrogen-bond acceptors (Lipinski definition) is 4. The van der Waals surface area contributed by atoms with Crippen LogP contribution in [0.15, 0.2) is 18.2 Å². The number of rotatable bonds is 6. The van der Waals surface area contributed by atoms with Crippen LogP contribution < -0.4 is 10.1 Å². The van der Waals surface area contributed by atoms with Crippen molar-refractivity contribution in [3.63, 3.8) is 0 Å². The van der Waals surface area contributed by atoms with Gasteiger partial charge in [-0.2, -0.15) is 0 Å². The van der Waals surface area contributed by atoms with Crippen molar-refractivity contribution in [1.82, 2.24) is 5.32 Å². The lowest BCUT2D eigenvalue weighted by atomic mass is 10.2. The van der Waals surface area contributed by atoms with Crippen molar-refractivity contribution in [2.24, 2.45) is 0 Å². The first-order valence-electron chi connectivity index (χ1n) is 7.29. The highest BCUT2D eigenvalue weighted by Gasteiger charge is 2.23. The maximum absolute atomic E-state index is 11.5. The highest BCUT2D eigenvalue weighted by molar-refractivity contribution is 7.91. The minimum atomic E-state index is -2.83. The van der Waals surface area contributed by atoms with Crippen LogP contribution in [0.3, 0.4) is 0 Å². The summed E-state index contributed by atoms with van der Waals surface area (Å²) in [5.41, 5.74) is 1.02. The molecule has 1 aliphatic heterocycles. The van der Waals surface area contributed by atoms with Crippen LogP contribution in [0.25, 0.3) is 0 Å². The first kappa shape index (κ1) is 16.6. The number of aryl methyl sites for hydroxylation is 1. The molecule has 0 radical (unpaired) electrons. The van der Waals surface area contributed by atoms with Gasteiger partial charge in [0.05, 0.1) is 18.1 Å². The zero-order chi connectivity index (χ0) is 15.3. The summed E-state index contributed by atoms with van der Waals surface area (Å²) >= 11 is 5.90. The fourth-order valence-electron chi connectivity index (χ4n) is 2.52. The molecule has 1 aromatic carbocycles. The third kappa shape index (κ3) is 5.49. The van der Waals surface area contributed by atoms with E-state index in [1.165, 1.54) is 0 Å². The predicted octanol–water partition coefficient (Wildman–Crippen LogP) is 2.58. The van der Waals surface area contributed by atoms with Crippen molar-refractivity contribution in [1.29, 1.82) is 0 Å². The molecule has 0 aromatic heterocycles. The van der Waals surface area contributed by atoms with Crippen molar-refractivity contribution in [2.75, 3.05) is 24.7 Å². The Morgan fingerprint density at radius 2 is 2.24 bits per heavy atom. The van der Waals surface area contributed by atoms with Gasteiger partial charge in [-0.25, -0.2) is 8.42 Å². The smallest absolute Gasteiger partial charge is 0.151 e. The zero-order valence-electron chi connectivity index (χ0n) is 12.3. The first-order valence-corrected chi connectivity index (χ1v) is 9.49. The summed E-state index contributed by atoms with van der Waals surface area (Å²) in [6.07, 6.45) is 2.55. The molecule has 1 aliphatic rings. The molecule has 1 aromatic rings. The summed E-state index contributed by atoms with van der Waals surface area (Å²) in [5, 5.41) is 4.02. The van der Waals surface area contributed by atoms with E-state index in [2.05, 4.69) is 5.32 Å². The van der Waals surface area contributed by atoms with Crippen molar-refractivity contribution in [3.8, 4) is 5.75 Å². The molecule has 0 aliphatic carbocycles. The van der Waals surface area contributed by atoms with E-state index in [1.54, 1.807) is 0 Å². The molecule has 6 heteroatoms. The van der Waals surface area contributed by atoms with Gasteiger partial charge in [-0.05, 0) is 56.5 Å². The SMILES string of the molecule is Cc1cc(Cl)ccc1OCCCN[C@H]1CCCS(=O)(=O)C1. The molecule has 0 saturated carbocycles. The molecule has 0 amide bonds. The number of benzene rings is 1. The van der Waals surface area contributed by atoms with E-state index in [1.807, 2.05) is 25.1 Å². The zero-order valence-corrected chi connectivity index (χ0v) is 13.8. The largest absolute Gasteiger partial charge is 0.493 e. The van der Waals surface area contributed by atoms with Crippen LogP contribution in [-0.2, 0) is 9.84 Å². The summed E-state index contributed by atoms with van der Waals surface area (Å²) in [5.74, 6) is 1.45. The second kappa shape index (κ2) is 7.47. The van der Waals surface area contributed by atoms with E-state index < -0.39 is 9.84 Å². The second-order valence-electron chi connectivity index (χ2n) is 5.52. The molecular formula is C15H22ClNO3S. The Morgan fingerprint density at radius 1 is 1.43 bits per heavy atom. The number of hydrogen-bond donors (Lipinski definition) is 1. The third-order valence-corrected chi connectivity index (χ3v) is 5.67. The molecule has 1 heterocycles.